The first-order valence-corrected chi connectivity index (χ1v) is 8.47. The summed E-state index contributed by atoms with van der Waals surface area (Å²) in [5.74, 6) is 0. The van der Waals surface area contributed by atoms with Crippen LogP contribution in [-0.4, -0.2) is 16.1 Å². The molecule has 0 spiro atoms. The summed E-state index contributed by atoms with van der Waals surface area (Å²) in [5, 5.41) is 6.63. The van der Waals surface area contributed by atoms with Gasteiger partial charge >= 0.3 is 0 Å². The van der Waals surface area contributed by atoms with Gasteiger partial charge in [0.25, 0.3) is 0 Å². The molecule has 2 aromatic heterocycles. The van der Waals surface area contributed by atoms with Crippen molar-refractivity contribution >= 4 is 16.5 Å². The van der Waals surface area contributed by atoms with Crippen LogP contribution in [0.25, 0.3) is 11.3 Å². The molecule has 0 unspecified atom stereocenters. The maximum Gasteiger partial charge on any atom is 0.183 e. The molecule has 4 heteroatoms. The number of thiazole rings is 1. The van der Waals surface area contributed by atoms with Crippen molar-refractivity contribution in [3.63, 3.8) is 0 Å². The number of anilines is 1. The summed E-state index contributed by atoms with van der Waals surface area (Å²) in [6.07, 6.45) is 5.08. The van der Waals surface area contributed by atoms with Crippen molar-refractivity contribution in [1.29, 1.82) is 0 Å². The van der Waals surface area contributed by atoms with Crippen molar-refractivity contribution in [3.05, 3.63) is 22.8 Å². The van der Waals surface area contributed by atoms with E-state index in [-0.39, 0.29) is 0 Å². The van der Waals surface area contributed by atoms with E-state index in [9.17, 15) is 0 Å². The molecule has 1 aliphatic carbocycles. The van der Waals surface area contributed by atoms with Gasteiger partial charge in [0.05, 0.1) is 5.69 Å². The monoisotopic (exact) mass is 289 g/mol. The molecule has 3 nitrogen and oxygen atoms in total. The predicted molar refractivity (Wildman–Crippen MR) is 86.7 cm³/mol. The molecule has 3 rings (SSSR count). The number of rotatable bonds is 6. The highest BCUT2D eigenvalue weighted by Gasteiger charge is 2.27. The normalized spacial score (nSPS) is 14.8. The number of hydrogen-bond acceptors (Lipinski definition) is 3. The first kappa shape index (κ1) is 13.7. The minimum absolute atomic E-state index is 0.740. The lowest BCUT2D eigenvalue weighted by Crippen LogP contribution is -2.00. The molecular weight excluding hydrogens is 266 g/mol. The number of nitrogens with one attached hydrogen (secondary N) is 1. The number of hydrogen-bond donors (Lipinski definition) is 1. The third-order valence-corrected chi connectivity index (χ3v) is 4.78. The number of aryl methyl sites for hydroxylation is 1. The van der Waals surface area contributed by atoms with E-state index in [2.05, 4.69) is 42.1 Å². The van der Waals surface area contributed by atoms with E-state index in [1.807, 2.05) is 0 Å². The Bertz CT molecular complexity index is 593. The standard InChI is InChI=1S/C16H23N3S/c1-4-5-8-17-16-18-15(10-20-16)14-9-11(2)19(12(14)3)13-6-7-13/h9-10,13H,4-8H2,1-3H3,(H,17,18). The van der Waals surface area contributed by atoms with Crippen LogP contribution in [0.3, 0.4) is 0 Å². The maximum atomic E-state index is 4.74. The Labute approximate surface area is 125 Å². The molecule has 1 N–H and O–H groups in total. The first-order chi connectivity index (χ1) is 9.70. The van der Waals surface area contributed by atoms with Crippen LogP contribution in [0.5, 0.6) is 0 Å². The van der Waals surface area contributed by atoms with Crippen LogP contribution in [0.1, 0.15) is 50.0 Å². The molecule has 0 amide bonds. The second kappa shape index (κ2) is 5.60. The third-order valence-electron chi connectivity index (χ3n) is 3.98. The highest BCUT2D eigenvalue weighted by molar-refractivity contribution is 7.14. The van der Waals surface area contributed by atoms with Gasteiger partial charge in [-0.2, -0.15) is 0 Å². The Morgan fingerprint density at radius 3 is 2.90 bits per heavy atom. The molecule has 0 radical (unpaired) electrons. The number of aromatic nitrogens is 2. The topological polar surface area (TPSA) is 29.9 Å². The van der Waals surface area contributed by atoms with Gasteiger partial charge in [-0.3, -0.25) is 0 Å². The molecule has 2 aromatic rings. The molecule has 0 bridgehead atoms. The van der Waals surface area contributed by atoms with E-state index >= 15 is 0 Å². The fourth-order valence-corrected chi connectivity index (χ4v) is 3.52. The lowest BCUT2D eigenvalue weighted by molar-refractivity contribution is 0.700. The smallest absolute Gasteiger partial charge is 0.183 e. The van der Waals surface area contributed by atoms with Gasteiger partial charge in [-0.1, -0.05) is 13.3 Å². The van der Waals surface area contributed by atoms with Gasteiger partial charge in [-0.15, -0.1) is 11.3 Å². The molecule has 0 aromatic carbocycles. The molecule has 0 saturated heterocycles. The summed E-state index contributed by atoms with van der Waals surface area (Å²) in [4.78, 5) is 4.74. The summed E-state index contributed by atoms with van der Waals surface area (Å²) >= 11 is 1.71. The van der Waals surface area contributed by atoms with Crippen molar-refractivity contribution in [2.24, 2.45) is 0 Å². The summed E-state index contributed by atoms with van der Waals surface area (Å²) in [6, 6.07) is 3.03. The molecular formula is C16H23N3S. The first-order valence-electron chi connectivity index (χ1n) is 7.59. The fraction of sp³-hybridized carbons (Fsp3) is 0.562. The molecule has 20 heavy (non-hydrogen) atoms. The molecule has 2 heterocycles. The van der Waals surface area contributed by atoms with Gasteiger partial charge in [0.1, 0.15) is 0 Å². The average molecular weight is 289 g/mol. The Morgan fingerprint density at radius 2 is 2.20 bits per heavy atom. The van der Waals surface area contributed by atoms with E-state index in [1.54, 1.807) is 11.3 Å². The Balaban J connectivity index is 1.80. The van der Waals surface area contributed by atoms with Crippen LogP contribution >= 0.6 is 11.3 Å². The summed E-state index contributed by atoms with van der Waals surface area (Å²) < 4.78 is 2.48. The van der Waals surface area contributed by atoms with Crippen molar-refractivity contribution in [2.45, 2.75) is 52.5 Å². The molecule has 0 aliphatic heterocycles. The highest BCUT2D eigenvalue weighted by Crippen LogP contribution is 2.40. The minimum atomic E-state index is 0.740. The van der Waals surface area contributed by atoms with E-state index in [0.29, 0.717) is 0 Å². The van der Waals surface area contributed by atoms with E-state index in [1.165, 1.54) is 42.6 Å². The molecule has 1 fully saturated rings. The van der Waals surface area contributed by atoms with Crippen molar-refractivity contribution in [1.82, 2.24) is 9.55 Å². The van der Waals surface area contributed by atoms with Crippen molar-refractivity contribution < 1.29 is 0 Å². The van der Waals surface area contributed by atoms with Gasteiger partial charge in [0, 0.05) is 34.9 Å². The Morgan fingerprint density at radius 1 is 1.40 bits per heavy atom. The van der Waals surface area contributed by atoms with Gasteiger partial charge in [-0.25, -0.2) is 4.98 Å². The quantitative estimate of drug-likeness (QED) is 0.776. The average Bonchev–Trinajstić information content (AvgIpc) is 3.06. The lowest BCUT2D eigenvalue weighted by atomic mass is 10.2. The maximum absolute atomic E-state index is 4.74. The zero-order valence-corrected chi connectivity index (χ0v) is 13.4. The Kier molecular flexibility index (Phi) is 3.83. The van der Waals surface area contributed by atoms with Gasteiger partial charge in [-0.05, 0) is 39.2 Å². The van der Waals surface area contributed by atoms with Crippen LogP contribution in [0, 0.1) is 13.8 Å². The number of unbranched alkanes of at least 4 members (excludes halogenated alkanes) is 1. The van der Waals surface area contributed by atoms with Gasteiger partial charge < -0.3 is 9.88 Å². The summed E-state index contributed by atoms with van der Waals surface area (Å²) in [6.45, 7) is 7.66. The second-order valence-electron chi connectivity index (χ2n) is 5.70. The summed E-state index contributed by atoms with van der Waals surface area (Å²) in [7, 11) is 0. The number of nitrogens with zero attached hydrogens (tertiary/aromatic N) is 2. The predicted octanol–water partition coefficient (Wildman–Crippen LogP) is 4.78. The van der Waals surface area contributed by atoms with Gasteiger partial charge in [0.15, 0.2) is 5.13 Å². The largest absolute Gasteiger partial charge is 0.362 e. The summed E-state index contributed by atoms with van der Waals surface area (Å²) in [5.41, 5.74) is 5.16. The molecule has 1 saturated carbocycles. The van der Waals surface area contributed by atoms with E-state index < -0.39 is 0 Å². The van der Waals surface area contributed by atoms with Gasteiger partial charge in [0.2, 0.25) is 0 Å². The van der Waals surface area contributed by atoms with Crippen LogP contribution in [0.4, 0.5) is 5.13 Å². The lowest BCUT2D eigenvalue weighted by Gasteiger charge is -2.07. The van der Waals surface area contributed by atoms with Crippen LogP contribution in [0.2, 0.25) is 0 Å². The van der Waals surface area contributed by atoms with E-state index in [0.717, 1.165) is 23.4 Å². The SMILES string of the molecule is CCCCNc1nc(-c2cc(C)n(C3CC3)c2C)cs1. The van der Waals surface area contributed by atoms with Crippen LogP contribution in [0.15, 0.2) is 11.4 Å². The molecule has 108 valence electrons. The highest BCUT2D eigenvalue weighted by atomic mass is 32.1. The third kappa shape index (κ3) is 2.62. The van der Waals surface area contributed by atoms with E-state index in [4.69, 9.17) is 4.98 Å². The van der Waals surface area contributed by atoms with Crippen molar-refractivity contribution in [3.8, 4) is 11.3 Å². The Hall–Kier alpha value is -1.29. The minimum Gasteiger partial charge on any atom is -0.362 e. The van der Waals surface area contributed by atoms with Crippen LogP contribution in [-0.2, 0) is 0 Å². The second-order valence-corrected chi connectivity index (χ2v) is 6.56. The zero-order chi connectivity index (χ0) is 14.1. The molecule has 0 atom stereocenters. The van der Waals surface area contributed by atoms with Crippen molar-refractivity contribution in [2.75, 3.05) is 11.9 Å². The fourth-order valence-electron chi connectivity index (χ4n) is 2.78. The van der Waals surface area contributed by atoms with Crippen LogP contribution < -0.4 is 5.32 Å². The zero-order valence-electron chi connectivity index (χ0n) is 12.6. The molecule has 1 aliphatic rings.